The second-order valence-electron chi connectivity index (χ2n) is 10.6. The van der Waals surface area contributed by atoms with Gasteiger partial charge in [0.15, 0.2) is 5.82 Å². The number of aryl methyl sites for hydroxylation is 3. The van der Waals surface area contributed by atoms with Crippen LogP contribution in [0.15, 0.2) is 59.4 Å². The summed E-state index contributed by atoms with van der Waals surface area (Å²) in [7, 11) is 0. The fourth-order valence-electron chi connectivity index (χ4n) is 5.53. The summed E-state index contributed by atoms with van der Waals surface area (Å²) in [5.41, 5.74) is 4.07. The van der Waals surface area contributed by atoms with E-state index in [-0.39, 0.29) is 23.6 Å². The maximum absolute atomic E-state index is 13.2. The second kappa shape index (κ2) is 12.0. The Hall–Kier alpha value is -3.36. The number of H-pyrrole nitrogens is 1. The summed E-state index contributed by atoms with van der Waals surface area (Å²) in [6.07, 6.45) is 4.02. The maximum atomic E-state index is 13.2. The standard InChI is InChI=1S/C30H38N6O2/c1-4-22-12-13-27-24(17-22)18-25(30(37)31-27)19-35(20-26-11-8-16-38-26)28(21(2)3)29-32-33-34-36(29)15-14-23-9-6-5-7-10-23/h5-7,9-10,12-13,17-18,21,26,28H,4,8,11,14-16,19-20H2,1-3H3,(H,31,37)/t26-,28+/m0/s1. The smallest absolute Gasteiger partial charge is 0.252 e. The Morgan fingerprint density at radius 1 is 1.13 bits per heavy atom. The number of benzene rings is 2. The van der Waals surface area contributed by atoms with E-state index in [1.807, 2.05) is 22.9 Å². The summed E-state index contributed by atoms with van der Waals surface area (Å²) in [5, 5.41) is 14.0. The Bertz CT molecular complexity index is 1390. The number of ether oxygens (including phenoxy) is 1. The largest absolute Gasteiger partial charge is 0.377 e. The van der Waals surface area contributed by atoms with Crippen LogP contribution in [0.5, 0.6) is 0 Å². The van der Waals surface area contributed by atoms with Crippen LogP contribution < -0.4 is 5.56 Å². The molecule has 3 heterocycles. The number of nitrogens with zero attached hydrogens (tertiary/aromatic N) is 5. The van der Waals surface area contributed by atoms with E-state index < -0.39 is 0 Å². The first-order valence-electron chi connectivity index (χ1n) is 13.8. The average Bonchev–Trinajstić information content (AvgIpc) is 3.60. The van der Waals surface area contributed by atoms with Crippen molar-refractivity contribution in [2.45, 2.75) is 71.7 Å². The molecule has 1 N–H and O–H groups in total. The van der Waals surface area contributed by atoms with Crippen molar-refractivity contribution in [3.63, 3.8) is 0 Å². The van der Waals surface area contributed by atoms with Gasteiger partial charge in [-0.2, -0.15) is 0 Å². The lowest BCUT2D eigenvalue weighted by Crippen LogP contribution is -2.40. The molecule has 5 rings (SSSR count). The number of nitrogens with one attached hydrogen (secondary N) is 1. The first-order valence-corrected chi connectivity index (χ1v) is 13.8. The van der Waals surface area contributed by atoms with Crippen LogP contribution in [0.3, 0.4) is 0 Å². The molecular weight excluding hydrogens is 476 g/mol. The van der Waals surface area contributed by atoms with Crippen molar-refractivity contribution >= 4 is 10.9 Å². The van der Waals surface area contributed by atoms with Gasteiger partial charge in [-0.15, -0.1) is 5.10 Å². The van der Waals surface area contributed by atoms with E-state index in [1.165, 1.54) is 11.1 Å². The monoisotopic (exact) mass is 514 g/mol. The van der Waals surface area contributed by atoms with Gasteiger partial charge >= 0.3 is 0 Å². The van der Waals surface area contributed by atoms with Crippen LogP contribution in [0.2, 0.25) is 0 Å². The minimum atomic E-state index is -0.0675. The normalized spacial score (nSPS) is 16.6. The highest BCUT2D eigenvalue weighted by molar-refractivity contribution is 5.79. The van der Waals surface area contributed by atoms with E-state index in [2.05, 4.69) is 82.6 Å². The Morgan fingerprint density at radius 3 is 2.71 bits per heavy atom. The summed E-state index contributed by atoms with van der Waals surface area (Å²) >= 11 is 0. The molecule has 0 unspecified atom stereocenters. The fourth-order valence-corrected chi connectivity index (χ4v) is 5.53. The Kier molecular flexibility index (Phi) is 8.29. The van der Waals surface area contributed by atoms with Crippen LogP contribution in [0.25, 0.3) is 10.9 Å². The number of aromatic nitrogens is 5. The van der Waals surface area contributed by atoms with E-state index in [9.17, 15) is 4.79 Å². The van der Waals surface area contributed by atoms with Crippen LogP contribution in [0.1, 0.15) is 62.2 Å². The molecule has 0 bridgehead atoms. The molecule has 1 aliphatic heterocycles. The Labute approximate surface area is 224 Å². The molecule has 200 valence electrons. The van der Waals surface area contributed by atoms with Gasteiger partial charge in [0, 0.05) is 37.3 Å². The molecule has 1 aliphatic rings. The van der Waals surface area contributed by atoms with E-state index in [0.29, 0.717) is 13.1 Å². The summed E-state index contributed by atoms with van der Waals surface area (Å²) < 4.78 is 7.98. The van der Waals surface area contributed by atoms with Crippen LogP contribution in [-0.4, -0.2) is 49.3 Å². The maximum Gasteiger partial charge on any atom is 0.252 e. The number of aromatic amines is 1. The molecule has 0 saturated carbocycles. The van der Waals surface area contributed by atoms with Crippen LogP contribution >= 0.6 is 0 Å². The molecule has 4 aromatic rings. The van der Waals surface area contributed by atoms with E-state index in [0.717, 1.165) is 61.1 Å². The van der Waals surface area contributed by atoms with Crippen LogP contribution in [-0.2, 0) is 30.7 Å². The topological polar surface area (TPSA) is 88.9 Å². The minimum absolute atomic E-state index is 0.0507. The molecule has 0 aliphatic carbocycles. The molecule has 1 saturated heterocycles. The number of hydrogen-bond donors (Lipinski definition) is 1. The van der Waals surface area contributed by atoms with Crippen molar-refractivity contribution in [2.75, 3.05) is 13.2 Å². The summed E-state index contributed by atoms with van der Waals surface area (Å²) in [4.78, 5) is 18.7. The summed E-state index contributed by atoms with van der Waals surface area (Å²) in [6, 6.07) is 18.6. The number of fused-ring (bicyclic) bond motifs is 1. The predicted molar refractivity (Wildman–Crippen MR) is 149 cm³/mol. The average molecular weight is 515 g/mol. The predicted octanol–water partition coefficient (Wildman–Crippen LogP) is 4.70. The SMILES string of the molecule is CCc1ccc2[nH]c(=O)c(CN(C[C@@H]3CCCO3)[C@@H](c3nnnn3CCc3ccccc3)C(C)C)cc2c1. The van der Waals surface area contributed by atoms with Gasteiger partial charge in [-0.3, -0.25) is 9.69 Å². The summed E-state index contributed by atoms with van der Waals surface area (Å²) in [5.74, 6) is 1.06. The number of tetrazole rings is 1. The van der Waals surface area contributed by atoms with Gasteiger partial charge in [0.1, 0.15) is 0 Å². The zero-order valence-electron chi connectivity index (χ0n) is 22.6. The van der Waals surface area contributed by atoms with Crippen molar-refractivity contribution in [3.05, 3.63) is 87.5 Å². The number of hydrogen-bond acceptors (Lipinski definition) is 6. The third-order valence-corrected chi connectivity index (χ3v) is 7.53. The molecular formula is C30H38N6O2. The van der Waals surface area contributed by atoms with Gasteiger partial charge in [0.25, 0.3) is 5.56 Å². The molecule has 1 fully saturated rings. The van der Waals surface area contributed by atoms with Gasteiger partial charge in [-0.05, 0) is 76.7 Å². The highest BCUT2D eigenvalue weighted by Gasteiger charge is 2.32. The molecule has 0 amide bonds. The number of pyridine rings is 1. The van der Waals surface area contributed by atoms with Crippen molar-refractivity contribution in [3.8, 4) is 0 Å². The first-order chi connectivity index (χ1) is 18.5. The van der Waals surface area contributed by atoms with Gasteiger partial charge in [-0.1, -0.05) is 57.2 Å². The van der Waals surface area contributed by atoms with E-state index in [4.69, 9.17) is 4.74 Å². The van der Waals surface area contributed by atoms with Crippen molar-refractivity contribution in [1.82, 2.24) is 30.1 Å². The summed E-state index contributed by atoms with van der Waals surface area (Å²) in [6.45, 7) is 9.24. The molecule has 8 heteroatoms. The third kappa shape index (κ3) is 6.03. The zero-order valence-corrected chi connectivity index (χ0v) is 22.6. The van der Waals surface area contributed by atoms with Gasteiger partial charge in [0.05, 0.1) is 12.1 Å². The fraction of sp³-hybridized carbons (Fsp3) is 0.467. The third-order valence-electron chi connectivity index (χ3n) is 7.53. The highest BCUT2D eigenvalue weighted by atomic mass is 16.5. The van der Waals surface area contributed by atoms with Crippen molar-refractivity contribution in [1.29, 1.82) is 0 Å². The highest BCUT2D eigenvalue weighted by Crippen LogP contribution is 2.30. The minimum Gasteiger partial charge on any atom is -0.377 e. The molecule has 38 heavy (non-hydrogen) atoms. The second-order valence-corrected chi connectivity index (χ2v) is 10.6. The molecule has 2 aromatic heterocycles. The lowest BCUT2D eigenvalue weighted by Gasteiger charge is -2.35. The van der Waals surface area contributed by atoms with Gasteiger partial charge in [0.2, 0.25) is 0 Å². The van der Waals surface area contributed by atoms with Crippen molar-refractivity contribution in [2.24, 2.45) is 5.92 Å². The van der Waals surface area contributed by atoms with Crippen molar-refractivity contribution < 1.29 is 4.74 Å². The quantitative estimate of drug-likeness (QED) is 0.312. The molecule has 2 aromatic carbocycles. The van der Waals surface area contributed by atoms with Gasteiger partial charge in [-0.25, -0.2) is 4.68 Å². The van der Waals surface area contributed by atoms with Crippen LogP contribution in [0, 0.1) is 5.92 Å². The van der Waals surface area contributed by atoms with E-state index >= 15 is 0 Å². The number of rotatable bonds is 11. The zero-order chi connectivity index (χ0) is 26.5. The molecule has 0 radical (unpaired) electrons. The van der Waals surface area contributed by atoms with E-state index in [1.54, 1.807) is 0 Å². The lowest BCUT2D eigenvalue weighted by atomic mass is 9.99. The molecule has 8 nitrogen and oxygen atoms in total. The first kappa shape index (κ1) is 26.3. The lowest BCUT2D eigenvalue weighted by molar-refractivity contribution is 0.0384. The molecule has 0 spiro atoms. The Balaban J connectivity index is 1.47. The van der Waals surface area contributed by atoms with Gasteiger partial charge < -0.3 is 9.72 Å². The molecule has 2 atom stereocenters. The Morgan fingerprint density at radius 2 is 1.97 bits per heavy atom. The van der Waals surface area contributed by atoms with Crippen LogP contribution in [0.4, 0.5) is 0 Å².